The average Bonchev–Trinajstić information content (AvgIpc) is 3.09. The van der Waals surface area contributed by atoms with Gasteiger partial charge in [0.15, 0.2) is 5.13 Å². The van der Waals surface area contributed by atoms with E-state index in [1.54, 1.807) is 23.1 Å². The Morgan fingerprint density at radius 1 is 1.10 bits per heavy atom. The standard InChI is InChI=1S/C23H29N3OS2/c1-17-15-18(2)22-20(16-17)24-23(29-22)26(13-8-12-25(3)4)21(27)11-14-28-19-9-6-5-7-10-19/h5-7,9-10,15-16H,8,11-14H2,1-4H3. The summed E-state index contributed by atoms with van der Waals surface area (Å²) in [5, 5.41) is 0.821. The number of fused-ring (bicyclic) bond motifs is 1. The van der Waals surface area contributed by atoms with Crippen molar-refractivity contribution in [2.45, 2.75) is 31.6 Å². The van der Waals surface area contributed by atoms with Gasteiger partial charge in [0.1, 0.15) is 0 Å². The van der Waals surface area contributed by atoms with Crippen molar-refractivity contribution in [3.05, 3.63) is 53.6 Å². The highest BCUT2D eigenvalue weighted by atomic mass is 32.2. The molecule has 6 heteroatoms. The highest BCUT2D eigenvalue weighted by Crippen LogP contribution is 2.32. The van der Waals surface area contributed by atoms with Gasteiger partial charge in [-0.3, -0.25) is 9.69 Å². The first-order chi connectivity index (χ1) is 13.9. The number of carbonyl (C=O) groups is 1. The third-order valence-electron chi connectivity index (χ3n) is 4.66. The molecule has 4 nitrogen and oxygen atoms in total. The molecule has 29 heavy (non-hydrogen) atoms. The molecule has 154 valence electrons. The van der Waals surface area contributed by atoms with Gasteiger partial charge in [0.05, 0.1) is 10.2 Å². The fourth-order valence-corrected chi connectivity index (χ4v) is 5.18. The van der Waals surface area contributed by atoms with Crippen LogP contribution < -0.4 is 4.90 Å². The lowest BCUT2D eigenvalue weighted by Crippen LogP contribution is -2.33. The van der Waals surface area contributed by atoms with Crippen LogP contribution in [0.15, 0.2) is 47.4 Å². The third kappa shape index (κ3) is 6.04. The van der Waals surface area contributed by atoms with Crippen molar-refractivity contribution >= 4 is 44.4 Å². The predicted molar refractivity (Wildman–Crippen MR) is 126 cm³/mol. The van der Waals surface area contributed by atoms with Gasteiger partial charge in [-0.25, -0.2) is 4.98 Å². The topological polar surface area (TPSA) is 36.4 Å². The Labute approximate surface area is 181 Å². The molecule has 2 aromatic carbocycles. The van der Waals surface area contributed by atoms with Gasteiger partial charge < -0.3 is 4.90 Å². The zero-order valence-electron chi connectivity index (χ0n) is 17.6. The molecule has 0 atom stereocenters. The summed E-state index contributed by atoms with van der Waals surface area (Å²) in [6, 6.07) is 14.5. The number of aromatic nitrogens is 1. The number of anilines is 1. The van der Waals surface area contributed by atoms with Crippen LogP contribution in [-0.2, 0) is 4.79 Å². The Balaban J connectivity index is 1.74. The minimum absolute atomic E-state index is 0.153. The summed E-state index contributed by atoms with van der Waals surface area (Å²) in [7, 11) is 4.12. The van der Waals surface area contributed by atoms with Crippen LogP contribution in [0.2, 0.25) is 0 Å². The molecule has 1 aromatic heterocycles. The van der Waals surface area contributed by atoms with E-state index in [0.717, 1.165) is 29.4 Å². The van der Waals surface area contributed by atoms with Gasteiger partial charge in [-0.05, 0) is 70.2 Å². The molecule has 0 aliphatic rings. The van der Waals surface area contributed by atoms with E-state index in [1.165, 1.54) is 20.7 Å². The van der Waals surface area contributed by atoms with Gasteiger partial charge in [0.25, 0.3) is 0 Å². The highest BCUT2D eigenvalue weighted by Gasteiger charge is 2.20. The van der Waals surface area contributed by atoms with E-state index < -0.39 is 0 Å². The summed E-state index contributed by atoms with van der Waals surface area (Å²) in [6.45, 7) is 5.86. The molecule has 3 aromatic rings. The Kier molecular flexibility index (Phi) is 7.70. The quantitative estimate of drug-likeness (QED) is 0.430. The fraction of sp³-hybridized carbons (Fsp3) is 0.391. The van der Waals surface area contributed by atoms with Crippen LogP contribution in [0.1, 0.15) is 24.0 Å². The van der Waals surface area contributed by atoms with Crippen molar-refractivity contribution in [3.8, 4) is 0 Å². The van der Waals surface area contributed by atoms with Crippen LogP contribution in [0, 0.1) is 13.8 Å². The second-order valence-corrected chi connectivity index (χ2v) is 9.69. The number of carbonyl (C=O) groups excluding carboxylic acids is 1. The maximum atomic E-state index is 13.1. The summed E-state index contributed by atoms with van der Waals surface area (Å²) in [5.74, 6) is 0.927. The van der Waals surface area contributed by atoms with Gasteiger partial charge in [0, 0.05) is 23.6 Å². The van der Waals surface area contributed by atoms with Crippen molar-refractivity contribution in [3.63, 3.8) is 0 Å². The van der Waals surface area contributed by atoms with E-state index in [4.69, 9.17) is 4.98 Å². The zero-order chi connectivity index (χ0) is 20.8. The molecular formula is C23H29N3OS2. The first-order valence-corrected chi connectivity index (χ1v) is 11.7. The van der Waals surface area contributed by atoms with Crippen LogP contribution in [0.4, 0.5) is 5.13 Å². The summed E-state index contributed by atoms with van der Waals surface area (Å²) in [6.07, 6.45) is 1.44. The number of nitrogens with zero attached hydrogens (tertiary/aromatic N) is 3. The second-order valence-electron chi connectivity index (χ2n) is 7.54. The summed E-state index contributed by atoms with van der Waals surface area (Å²) in [5.41, 5.74) is 3.42. The number of rotatable bonds is 9. The Bertz CT molecular complexity index is 953. The Morgan fingerprint density at radius 2 is 1.86 bits per heavy atom. The van der Waals surface area contributed by atoms with Crippen LogP contribution in [-0.4, -0.2) is 48.7 Å². The lowest BCUT2D eigenvalue weighted by Gasteiger charge is -2.21. The van der Waals surface area contributed by atoms with E-state index in [-0.39, 0.29) is 5.91 Å². The number of hydrogen-bond acceptors (Lipinski definition) is 5. The number of aryl methyl sites for hydroxylation is 2. The first kappa shape index (κ1) is 21.8. The van der Waals surface area contributed by atoms with E-state index in [1.807, 2.05) is 23.1 Å². The molecule has 0 saturated heterocycles. The molecular weight excluding hydrogens is 398 g/mol. The Morgan fingerprint density at radius 3 is 2.59 bits per heavy atom. The third-order valence-corrected chi connectivity index (χ3v) is 6.90. The molecule has 1 heterocycles. The second kappa shape index (κ2) is 10.2. The maximum absolute atomic E-state index is 13.1. The molecule has 0 radical (unpaired) electrons. The van der Waals surface area contributed by atoms with Gasteiger partial charge >= 0.3 is 0 Å². The normalized spacial score (nSPS) is 11.3. The van der Waals surface area contributed by atoms with Crippen LogP contribution in [0.3, 0.4) is 0 Å². The van der Waals surface area contributed by atoms with Gasteiger partial charge in [-0.1, -0.05) is 35.6 Å². The number of thioether (sulfide) groups is 1. The highest BCUT2D eigenvalue weighted by molar-refractivity contribution is 7.99. The van der Waals surface area contributed by atoms with Gasteiger partial charge in [0.2, 0.25) is 5.91 Å². The van der Waals surface area contributed by atoms with Crippen LogP contribution in [0.25, 0.3) is 10.2 Å². The summed E-state index contributed by atoms with van der Waals surface area (Å²) in [4.78, 5) is 23.2. The minimum Gasteiger partial charge on any atom is -0.309 e. The van der Waals surface area contributed by atoms with Crippen LogP contribution in [0.5, 0.6) is 0 Å². The predicted octanol–water partition coefficient (Wildman–Crippen LogP) is 5.38. The largest absolute Gasteiger partial charge is 0.309 e. The van der Waals surface area contributed by atoms with E-state index in [9.17, 15) is 4.79 Å². The molecule has 0 saturated carbocycles. The van der Waals surface area contributed by atoms with Gasteiger partial charge in [-0.15, -0.1) is 11.8 Å². The zero-order valence-corrected chi connectivity index (χ0v) is 19.3. The van der Waals surface area contributed by atoms with Crippen molar-refractivity contribution < 1.29 is 4.79 Å². The van der Waals surface area contributed by atoms with E-state index in [0.29, 0.717) is 13.0 Å². The lowest BCUT2D eigenvalue weighted by atomic mass is 10.1. The Hall–Kier alpha value is -1.89. The molecule has 0 aliphatic heterocycles. The van der Waals surface area contributed by atoms with E-state index in [2.05, 4.69) is 57.1 Å². The molecule has 0 N–H and O–H groups in total. The van der Waals surface area contributed by atoms with Gasteiger partial charge in [-0.2, -0.15) is 0 Å². The number of amides is 1. The van der Waals surface area contributed by atoms with Crippen LogP contribution >= 0.6 is 23.1 Å². The minimum atomic E-state index is 0.153. The molecule has 3 rings (SSSR count). The van der Waals surface area contributed by atoms with Crippen molar-refractivity contribution in [2.75, 3.05) is 37.8 Å². The molecule has 0 bridgehead atoms. The lowest BCUT2D eigenvalue weighted by molar-refractivity contribution is -0.118. The molecule has 0 aliphatic carbocycles. The average molecular weight is 428 g/mol. The summed E-state index contributed by atoms with van der Waals surface area (Å²) < 4.78 is 1.18. The fourth-order valence-electron chi connectivity index (χ4n) is 3.26. The molecule has 0 spiro atoms. The molecule has 1 amide bonds. The molecule has 0 fully saturated rings. The summed E-state index contributed by atoms with van der Waals surface area (Å²) >= 11 is 3.36. The first-order valence-electron chi connectivity index (χ1n) is 9.95. The number of benzene rings is 2. The molecule has 0 unspecified atom stereocenters. The number of thiazole rings is 1. The smallest absolute Gasteiger partial charge is 0.229 e. The SMILES string of the molecule is Cc1cc(C)c2sc(N(CCCN(C)C)C(=O)CCSc3ccccc3)nc2c1. The van der Waals surface area contributed by atoms with Crippen molar-refractivity contribution in [1.82, 2.24) is 9.88 Å². The monoisotopic (exact) mass is 427 g/mol. The van der Waals surface area contributed by atoms with Crippen molar-refractivity contribution in [1.29, 1.82) is 0 Å². The van der Waals surface area contributed by atoms with E-state index >= 15 is 0 Å². The maximum Gasteiger partial charge on any atom is 0.229 e. The van der Waals surface area contributed by atoms with Crippen molar-refractivity contribution in [2.24, 2.45) is 0 Å². The number of hydrogen-bond donors (Lipinski definition) is 0.